The summed E-state index contributed by atoms with van der Waals surface area (Å²) in [6.07, 6.45) is 18.1. The fraction of sp³-hybridized carbons (Fsp3) is 0.268. The Morgan fingerprint density at radius 1 is 0.881 bits per heavy atom. The van der Waals surface area contributed by atoms with E-state index in [1.807, 2.05) is 6.08 Å². The van der Waals surface area contributed by atoms with Gasteiger partial charge in [0, 0.05) is 27.6 Å². The van der Waals surface area contributed by atoms with Gasteiger partial charge in [0.15, 0.2) is 0 Å². The summed E-state index contributed by atoms with van der Waals surface area (Å²) in [5.41, 5.74) is 14.0. The Kier molecular flexibility index (Phi) is 7.66. The number of hydrogen-bond donors (Lipinski definition) is 0. The number of allylic oxidation sites excluding steroid dienone is 11. The van der Waals surface area contributed by atoms with Crippen LogP contribution < -0.4 is 4.90 Å². The van der Waals surface area contributed by atoms with Gasteiger partial charge in [0.25, 0.3) is 0 Å². The first-order valence-electron chi connectivity index (χ1n) is 15.3. The van der Waals surface area contributed by atoms with Crippen molar-refractivity contribution in [2.45, 2.75) is 72.6 Å². The van der Waals surface area contributed by atoms with Gasteiger partial charge >= 0.3 is 0 Å². The Morgan fingerprint density at radius 3 is 2.17 bits per heavy atom. The van der Waals surface area contributed by atoms with Crippen molar-refractivity contribution in [3.63, 3.8) is 0 Å². The number of anilines is 1. The summed E-state index contributed by atoms with van der Waals surface area (Å²) >= 11 is 0. The van der Waals surface area contributed by atoms with E-state index in [2.05, 4.69) is 158 Å². The molecule has 2 aliphatic rings. The van der Waals surface area contributed by atoms with Gasteiger partial charge in [-0.15, -0.1) is 0 Å². The minimum absolute atomic E-state index is 0.112. The van der Waals surface area contributed by atoms with Crippen LogP contribution in [-0.4, -0.2) is 0 Å². The van der Waals surface area contributed by atoms with E-state index in [1.165, 1.54) is 61.0 Å². The van der Waals surface area contributed by atoms with E-state index in [9.17, 15) is 0 Å². The van der Waals surface area contributed by atoms with E-state index < -0.39 is 0 Å². The van der Waals surface area contributed by atoms with Crippen LogP contribution in [0.15, 0.2) is 121 Å². The monoisotopic (exact) mass is 551 g/mol. The standard InChI is InChI=1S/C41H45N/c1-11-16-21-28(14-4)42(27(6)19-12-2)38-26-37-39(31-23-18-17-22-30(31)38)33-25-35-32(24-36(33)41(37,9)10)29(20-13-3)34(15-5)40(35,7)8/h12-26H,2,5,11H2,1,3-4,6-10H3/b20-13-,21-16-,27-19+,28-14+. The maximum absolute atomic E-state index is 4.22. The molecule has 0 bridgehead atoms. The number of rotatable bonds is 8. The molecule has 0 saturated heterocycles. The summed E-state index contributed by atoms with van der Waals surface area (Å²) in [4.78, 5) is 2.39. The van der Waals surface area contributed by atoms with Crippen LogP contribution in [0.5, 0.6) is 0 Å². The first-order chi connectivity index (χ1) is 20.1. The van der Waals surface area contributed by atoms with Crippen LogP contribution in [0.2, 0.25) is 0 Å². The second-order valence-corrected chi connectivity index (χ2v) is 12.5. The van der Waals surface area contributed by atoms with Crippen LogP contribution in [0.1, 0.15) is 84.1 Å². The second kappa shape index (κ2) is 11.0. The zero-order valence-corrected chi connectivity index (χ0v) is 26.7. The fourth-order valence-corrected chi connectivity index (χ4v) is 7.19. The molecule has 0 heterocycles. The van der Waals surface area contributed by atoms with Crippen molar-refractivity contribution in [1.29, 1.82) is 0 Å². The van der Waals surface area contributed by atoms with Crippen LogP contribution in [0, 0.1) is 0 Å². The smallest absolute Gasteiger partial charge is 0.0540 e. The van der Waals surface area contributed by atoms with Crippen molar-refractivity contribution in [3.8, 4) is 11.1 Å². The highest BCUT2D eigenvalue weighted by atomic mass is 15.1. The lowest BCUT2D eigenvalue weighted by molar-refractivity contribution is 0.647. The predicted molar refractivity (Wildman–Crippen MR) is 186 cm³/mol. The summed E-state index contributed by atoms with van der Waals surface area (Å²) < 4.78 is 0. The lowest BCUT2D eigenvalue weighted by Gasteiger charge is -2.31. The third-order valence-corrected chi connectivity index (χ3v) is 9.29. The lowest BCUT2D eigenvalue weighted by atomic mass is 9.78. The number of nitrogens with zero attached hydrogens (tertiary/aromatic N) is 1. The van der Waals surface area contributed by atoms with Gasteiger partial charge in [0.05, 0.1) is 5.69 Å². The van der Waals surface area contributed by atoms with E-state index in [4.69, 9.17) is 0 Å². The summed E-state index contributed by atoms with van der Waals surface area (Å²) in [6, 6.07) is 16.4. The minimum Gasteiger partial charge on any atom is -0.314 e. The minimum atomic E-state index is -0.169. The molecule has 2 aliphatic carbocycles. The molecule has 214 valence electrons. The summed E-state index contributed by atoms with van der Waals surface area (Å²) in [6.45, 7) is 26.3. The zero-order chi connectivity index (χ0) is 30.4. The molecule has 0 N–H and O–H groups in total. The number of benzene rings is 3. The topological polar surface area (TPSA) is 3.24 Å². The quantitative estimate of drug-likeness (QED) is 0.252. The van der Waals surface area contributed by atoms with Gasteiger partial charge in [0.1, 0.15) is 0 Å². The first kappa shape index (κ1) is 29.4. The average Bonchev–Trinajstić information content (AvgIpc) is 3.32. The van der Waals surface area contributed by atoms with Crippen molar-refractivity contribution in [3.05, 3.63) is 143 Å². The predicted octanol–water partition coefficient (Wildman–Crippen LogP) is 11.7. The van der Waals surface area contributed by atoms with Crippen molar-refractivity contribution < 1.29 is 0 Å². The Hall–Kier alpha value is -4.10. The highest BCUT2D eigenvalue weighted by molar-refractivity contribution is 6.09. The summed E-state index contributed by atoms with van der Waals surface area (Å²) in [5.74, 6) is 0. The van der Waals surface area contributed by atoms with Crippen LogP contribution in [0.4, 0.5) is 5.69 Å². The highest BCUT2D eigenvalue weighted by Gasteiger charge is 2.42. The van der Waals surface area contributed by atoms with E-state index in [-0.39, 0.29) is 10.8 Å². The number of fused-ring (bicyclic) bond motifs is 6. The molecular formula is C41H45N. The second-order valence-electron chi connectivity index (χ2n) is 12.5. The van der Waals surface area contributed by atoms with Gasteiger partial charge in [-0.1, -0.05) is 108 Å². The molecule has 0 amide bonds. The highest BCUT2D eigenvalue weighted by Crippen LogP contribution is 2.57. The van der Waals surface area contributed by atoms with E-state index in [1.54, 1.807) is 0 Å². The fourth-order valence-electron chi connectivity index (χ4n) is 7.19. The third-order valence-electron chi connectivity index (χ3n) is 9.29. The summed E-state index contributed by atoms with van der Waals surface area (Å²) in [5, 5.41) is 2.55. The maximum atomic E-state index is 4.22. The Balaban J connectivity index is 1.86. The maximum Gasteiger partial charge on any atom is 0.0540 e. The van der Waals surface area contributed by atoms with Crippen LogP contribution in [0.3, 0.4) is 0 Å². The van der Waals surface area contributed by atoms with Crippen molar-refractivity contribution in [1.82, 2.24) is 0 Å². The average molecular weight is 552 g/mol. The zero-order valence-electron chi connectivity index (χ0n) is 26.7. The van der Waals surface area contributed by atoms with Gasteiger partial charge in [0.2, 0.25) is 0 Å². The summed E-state index contributed by atoms with van der Waals surface area (Å²) in [7, 11) is 0. The molecular weight excluding hydrogens is 506 g/mol. The molecule has 5 rings (SSSR count). The van der Waals surface area contributed by atoms with Gasteiger partial charge in [-0.3, -0.25) is 0 Å². The van der Waals surface area contributed by atoms with Crippen LogP contribution in [0.25, 0.3) is 27.5 Å². The first-order valence-corrected chi connectivity index (χ1v) is 15.3. The lowest BCUT2D eigenvalue weighted by Crippen LogP contribution is -2.21. The van der Waals surface area contributed by atoms with Crippen LogP contribution >= 0.6 is 0 Å². The molecule has 0 radical (unpaired) electrons. The Morgan fingerprint density at radius 2 is 1.55 bits per heavy atom. The normalized spacial score (nSPS) is 17.2. The van der Waals surface area contributed by atoms with E-state index in [0.717, 1.165) is 17.8 Å². The Labute approximate surface area is 253 Å². The molecule has 1 nitrogen and oxygen atoms in total. The van der Waals surface area contributed by atoms with Gasteiger partial charge in [-0.25, -0.2) is 0 Å². The van der Waals surface area contributed by atoms with Gasteiger partial charge < -0.3 is 4.90 Å². The largest absolute Gasteiger partial charge is 0.314 e. The van der Waals surface area contributed by atoms with Crippen LogP contribution in [-0.2, 0) is 10.8 Å². The molecule has 0 aromatic heterocycles. The molecule has 0 unspecified atom stereocenters. The molecule has 0 saturated carbocycles. The third kappa shape index (κ3) is 4.29. The van der Waals surface area contributed by atoms with Gasteiger partial charge in [-0.2, -0.15) is 0 Å². The Bertz CT molecular complexity index is 1760. The van der Waals surface area contributed by atoms with E-state index in [0.29, 0.717) is 0 Å². The molecule has 0 aliphatic heterocycles. The molecule has 0 fully saturated rings. The van der Waals surface area contributed by atoms with Crippen molar-refractivity contribution in [2.24, 2.45) is 0 Å². The van der Waals surface area contributed by atoms with Crippen molar-refractivity contribution >= 4 is 22.0 Å². The molecule has 0 atom stereocenters. The molecule has 3 aromatic carbocycles. The molecule has 42 heavy (non-hydrogen) atoms. The molecule has 0 spiro atoms. The SMILES string of the molecule is C=C/C=C(\C)N(C(/C=C\CC)=C/C)c1cc2c(c3ccccc13)-c1cc3c(cc1C2(C)C)C(/C=C\C)=C(C=C)C3(C)C. The molecule has 1 heteroatoms. The number of hydrogen-bond acceptors (Lipinski definition) is 1. The van der Waals surface area contributed by atoms with Gasteiger partial charge in [-0.05, 0) is 107 Å². The van der Waals surface area contributed by atoms with E-state index >= 15 is 0 Å². The van der Waals surface area contributed by atoms with Crippen molar-refractivity contribution in [2.75, 3.05) is 4.90 Å². The molecule has 3 aromatic rings.